The zero-order valence-corrected chi connectivity index (χ0v) is 8.96. The number of thiophene rings is 1. The Hall–Kier alpha value is -1.45. The molecule has 0 aliphatic rings. The summed E-state index contributed by atoms with van der Waals surface area (Å²) in [6.07, 6.45) is 0. The maximum Gasteiger partial charge on any atom is 0.202 e. The Morgan fingerprint density at radius 1 is 1.13 bits per heavy atom. The van der Waals surface area contributed by atoms with Crippen LogP contribution in [0.25, 0.3) is 0 Å². The van der Waals surface area contributed by atoms with Crippen LogP contribution in [0.1, 0.15) is 20.1 Å². The molecule has 0 atom stereocenters. The Morgan fingerprint density at radius 3 is 2.47 bits per heavy atom. The summed E-state index contributed by atoms with van der Waals surface area (Å²) < 4.78 is 0. The van der Waals surface area contributed by atoms with E-state index in [0.717, 1.165) is 15.3 Å². The second kappa shape index (κ2) is 4.38. The number of carbonyl (C=O) groups excluding carboxylic acids is 1. The zero-order valence-electron chi connectivity index (χ0n) is 8.14. The van der Waals surface area contributed by atoms with Gasteiger partial charge >= 0.3 is 0 Å². The lowest BCUT2D eigenvalue weighted by Gasteiger charge is -1.96. The van der Waals surface area contributed by atoms with Gasteiger partial charge in [-0.15, -0.1) is 11.3 Å². The number of rotatable bonds is 3. The van der Waals surface area contributed by atoms with Crippen LogP contribution in [0.4, 0.5) is 0 Å². The van der Waals surface area contributed by atoms with Gasteiger partial charge in [0.25, 0.3) is 0 Å². The van der Waals surface area contributed by atoms with Gasteiger partial charge in [-0.3, -0.25) is 4.79 Å². The van der Waals surface area contributed by atoms with E-state index in [1.54, 1.807) is 0 Å². The van der Waals surface area contributed by atoms with Crippen molar-refractivity contribution in [2.24, 2.45) is 5.73 Å². The van der Waals surface area contributed by atoms with Crippen LogP contribution < -0.4 is 5.73 Å². The highest BCUT2D eigenvalue weighted by Crippen LogP contribution is 2.19. The first kappa shape index (κ1) is 10.1. The van der Waals surface area contributed by atoms with Gasteiger partial charge < -0.3 is 5.73 Å². The molecule has 1 aromatic heterocycles. The van der Waals surface area contributed by atoms with Crippen LogP contribution in [-0.2, 0) is 6.54 Å². The maximum atomic E-state index is 11.9. The van der Waals surface area contributed by atoms with E-state index in [1.165, 1.54) is 11.3 Å². The topological polar surface area (TPSA) is 43.1 Å². The summed E-state index contributed by atoms with van der Waals surface area (Å²) in [7, 11) is 0. The van der Waals surface area contributed by atoms with Gasteiger partial charge in [0, 0.05) is 17.0 Å². The summed E-state index contributed by atoms with van der Waals surface area (Å²) in [5, 5.41) is 0. The number of hydrogen-bond donors (Lipinski definition) is 1. The van der Waals surface area contributed by atoms with Crippen molar-refractivity contribution in [2.75, 3.05) is 0 Å². The van der Waals surface area contributed by atoms with Crippen LogP contribution in [0.15, 0.2) is 42.5 Å². The molecule has 0 saturated carbocycles. The quantitative estimate of drug-likeness (QED) is 0.802. The zero-order chi connectivity index (χ0) is 10.7. The molecule has 0 saturated heterocycles. The molecule has 1 aromatic carbocycles. The normalized spacial score (nSPS) is 10.2. The standard InChI is InChI=1S/C12H11NOS/c13-8-10-6-7-11(15-10)12(14)9-4-2-1-3-5-9/h1-7H,8,13H2. The average Bonchev–Trinajstić information content (AvgIpc) is 2.78. The average molecular weight is 217 g/mol. The van der Waals surface area contributed by atoms with Crippen LogP contribution in [0.2, 0.25) is 0 Å². The highest BCUT2D eigenvalue weighted by atomic mass is 32.1. The van der Waals surface area contributed by atoms with Crippen molar-refractivity contribution in [3.8, 4) is 0 Å². The van der Waals surface area contributed by atoms with Crippen molar-refractivity contribution in [1.82, 2.24) is 0 Å². The van der Waals surface area contributed by atoms with E-state index in [0.29, 0.717) is 6.54 Å². The van der Waals surface area contributed by atoms with Crippen molar-refractivity contribution in [2.45, 2.75) is 6.54 Å². The molecule has 0 unspecified atom stereocenters. The van der Waals surface area contributed by atoms with Gasteiger partial charge in [-0.05, 0) is 12.1 Å². The molecule has 0 aliphatic carbocycles. The highest BCUT2D eigenvalue weighted by molar-refractivity contribution is 7.14. The fourth-order valence-corrected chi connectivity index (χ4v) is 2.19. The lowest BCUT2D eigenvalue weighted by atomic mass is 10.1. The summed E-state index contributed by atoms with van der Waals surface area (Å²) >= 11 is 1.46. The third-order valence-electron chi connectivity index (χ3n) is 2.12. The molecule has 0 fully saturated rings. The van der Waals surface area contributed by atoms with Gasteiger partial charge in [-0.25, -0.2) is 0 Å². The van der Waals surface area contributed by atoms with E-state index in [1.807, 2.05) is 42.5 Å². The van der Waals surface area contributed by atoms with E-state index in [9.17, 15) is 4.79 Å². The van der Waals surface area contributed by atoms with E-state index in [-0.39, 0.29) is 5.78 Å². The Kier molecular flexibility index (Phi) is 2.94. The largest absolute Gasteiger partial charge is 0.326 e. The van der Waals surface area contributed by atoms with Crippen molar-refractivity contribution in [3.05, 3.63) is 57.8 Å². The minimum atomic E-state index is 0.0697. The molecule has 15 heavy (non-hydrogen) atoms. The first-order chi connectivity index (χ1) is 7.31. The summed E-state index contributed by atoms with van der Waals surface area (Å²) in [5.41, 5.74) is 6.23. The smallest absolute Gasteiger partial charge is 0.202 e. The fraction of sp³-hybridized carbons (Fsp3) is 0.0833. The Morgan fingerprint density at radius 2 is 1.87 bits per heavy atom. The van der Waals surface area contributed by atoms with Crippen molar-refractivity contribution < 1.29 is 4.79 Å². The maximum absolute atomic E-state index is 11.9. The number of ketones is 1. The molecule has 2 nitrogen and oxygen atoms in total. The molecule has 0 spiro atoms. The van der Waals surface area contributed by atoms with Crippen LogP contribution >= 0.6 is 11.3 Å². The van der Waals surface area contributed by atoms with E-state index < -0.39 is 0 Å². The number of benzene rings is 1. The second-order valence-electron chi connectivity index (χ2n) is 3.17. The van der Waals surface area contributed by atoms with E-state index in [4.69, 9.17) is 5.73 Å². The predicted octanol–water partition coefficient (Wildman–Crippen LogP) is 2.44. The van der Waals surface area contributed by atoms with Crippen LogP contribution in [0, 0.1) is 0 Å². The number of hydrogen-bond acceptors (Lipinski definition) is 3. The monoisotopic (exact) mass is 217 g/mol. The Balaban J connectivity index is 2.29. The third kappa shape index (κ3) is 2.14. The van der Waals surface area contributed by atoms with Crippen molar-refractivity contribution >= 4 is 17.1 Å². The Labute approximate surface area is 92.4 Å². The number of carbonyl (C=O) groups is 1. The minimum Gasteiger partial charge on any atom is -0.326 e. The SMILES string of the molecule is NCc1ccc(C(=O)c2ccccc2)s1. The molecular formula is C12H11NOS. The molecule has 2 N–H and O–H groups in total. The second-order valence-corrected chi connectivity index (χ2v) is 4.33. The molecular weight excluding hydrogens is 206 g/mol. The van der Waals surface area contributed by atoms with Gasteiger partial charge in [-0.2, -0.15) is 0 Å². The van der Waals surface area contributed by atoms with Gasteiger partial charge in [0.1, 0.15) is 0 Å². The highest BCUT2D eigenvalue weighted by Gasteiger charge is 2.10. The van der Waals surface area contributed by atoms with Crippen molar-refractivity contribution in [3.63, 3.8) is 0 Å². The lowest BCUT2D eigenvalue weighted by molar-refractivity contribution is 0.104. The van der Waals surface area contributed by atoms with E-state index in [2.05, 4.69) is 0 Å². The van der Waals surface area contributed by atoms with Crippen LogP contribution in [-0.4, -0.2) is 5.78 Å². The lowest BCUT2D eigenvalue weighted by Crippen LogP contribution is -1.97. The fourth-order valence-electron chi connectivity index (χ4n) is 1.34. The first-order valence-corrected chi connectivity index (χ1v) is 5.51. The molecule has 1 heterocycles. The molecule has 2 aromatic rings. The van der Waals surface area contributed by atoms with Crippen molar-refractivity contribution in [1.29, 1.82) is 0 Å². The molecule has 0 aliphatic heterocycles. The van der Waals surface area contributed by atoms with Crippen LogP contribution in [0.3, 0.4) is 0 Å². The number of nitrogens with two attached hydrogens (primary N) is 1. The first-order valence-electron chi connectivity index (χ1n) is 4.70. The van der Waals surface area contributed by atoms with Gasteiger partial charge in [0.05, 0.1) is 4.88 Å². The van der Waals surface area contributed by atoms with Gasteiger partial charge in [0.2, 0.25) is 5.78 Å². The molecule has 3 heteroatoms. The van der Waals surface area contributed by atoms with E-state index >= 15 is 0 Å². The molecule has 76 valence electrons. The summed E-state index contributed by atoms with van der Waals surface area (Å²) in [6, 6.07) is 13.0. The predicted molar refractivity (Wildman–Crippen MR) is 62.1 cm³/mol. The summed E-state index contributed by atoms with van der Waals surface area (Å²) in [4.78, 5) is 13.7. The van der Waals surface area contributed by atoms with Gasteiger partial charge in [-0.1, -0.05) is 30.3 Å². The summed E-state index contributed by atoms with van der Waals surface area (Å²) in [6.45, 7) is 0.493. The Bertz CT molecular complexity index is 461. The molecule has 2 rings (SSSR count). The van der Waals surface area contributed by atoms with Crippen LogP contribution in [0.5, 0.6) is 0 Å². The molecule has 0 amide bonds. The van der Waals surface area contributed by atoms with Gasteiger partial charge in [0.15, 0.2) is 0 Å². The summed E-state index contributed by atoms with van der Waals surface area (Å²) in [5.74, 6) is 0.0697. The molecule has 0 bridgehead atoms. The minimum absolute atomic E-state index is 0.0697. The molecule has 0 radical (unpaired) electrons. The third-order valence-corrected chi connectivity index (χ3v) is 3.23.